The van der Waals surface area contributed by atoms with E-state index in [0.29, 0.717) is 17.8 Å². The van der Waals surface area contributed by atoms with Crippen LogP contribution in [0, 0.1) is 0 Å². The van der Waals surface area contributed by atoms with Crippen molar-refractivity contribution < 1.29 is 14.6 Å². The van der Waals surface area contributed by atoms with Crippen molar-refractivity contribution in [3.8, 4) is 11.6 Å². The van der Waals surface area contributed by atoms with Crippen molar-refractivity contribution in [3.63, 3.8) is 0 Å². The molecule has 1 aliphatic heterocycles. The van der Waals surface area contributed by atoms with Crippen LogP contribution in [0.25, 0.3) is 16.6 Å². The van der Waals surface area contributed by atoms with E-state index in [1.165, 1.54) is 24.3 Å². The molecule has 0 aliphatic carbocycles. The van der Waals surface area contributed by atoms with Crippen molar-refractivity contribution in [3.05, 3.63) is 91.8 Å². The summed E-state index contributed by atoms with van der Waals surface area (Å²) in [7, 11) is 0. The average Bonchev–Trinajstić information content (AvgIpc) is 3.19. The molecule has 1 unspecified atom stereocenters. The van der Waals surface area contributed by atoms with Gasteiger partial charge in [0.15, 0.2) is 0 Å². The van der Waals surface area contributed by atoms with Crippen LogP contribution in [0.2, 0.25) is 0 Å². The van der Waals surface area contributed by atoms with Crippen LogP contribution in [-0.4, -0.2) is 38.8 Å². The van der Waals surface area contributed by atoms with Gasteiger partial charge in [-0.15, -0.1) is 0 Å². The lowest BCUT2D eigenvalue weighted by Crippen LogP contribution is -2.38. The number of para-hydroxylation sites is 1. The highest BCUT2D eigenvalue weighted by Gasteiger charge is 2.31. The van der Waals surface area contributed by atoms with Crippen molar-refractivity contribution in [2.75, 3.05) is 13.2 Å². The number of carbonyl (C=O) groups excluding carboxylic acids is 1. The van der Waals surface area contributed by atoms with Crippen molar-refractivity contribution in [1.82, 2.24) is 19.9 Å². The molecule has 5 rings (SSSR count). The minimum Gasteiger partial charge on any atom is -0.494 e. The topological polar surface area (TPSA) is 129 Å². The lowest BCUT2D eigenvalue weighted by atomic mass is 9.95. The third-order valence-corrected chi connectivity index (χ3v) is 5.90. The first-order valence-corrected chi connectivity index (χ1v) is 10.7. The number of carbonyl (C=O) groups is 1. The van der Waals surface area contributed by atoms with Crippen LogP contribution < -0.4 is 16.6 Å². The fourth-order valence-corrected chi connectivity index (χ4v) is 4.43. The van der Waals surface area contributed by atoms with Gasteiger partial charge in [-0.25, -0.2) is 14.2 Å². The number of nitrogens with one attached hydrogen (secondary N) is 3. The number of esters is 1. The van der Waals surface area contributed by atoms with Gasteiger partial charge in [-0.2, -0.15) is 0 Å². The van der Waals surface area contributed by atoms with Gasteiger partial charge in [-0.3, -0.25) is 9.78 Å². The van der Waals surface area contributed by atoms with E-state index in [0.717, 1.165) is 33.1 Å². The van der Waals surface area contributed by atoms with Crippen molar-refractivity contribution in [1.29, 1.82) is 0 Å². The van der Waals surface area contributed by atoms with E-state index in [4.69, 9.17) is 4.74 Å². The summed E-state index contributed by atoms with van der Waals surface area (Å²) in [5, 5.41) is 15.5. The van der Waals surface area contributed by atoms with Gasteiger partial charge < -0.3 is 20.1 Å². The monoisotopic (exact) mass is 446 g/mol. The van der Waals surface area contributed by atoms with Gasteiger partial charge in [0.05, 0.1) is 23.9 Å². The number of hydrogen-bond acceptors (Lipinski definition) is 6. The number of aromatic hydroxyl groups is 1. The molecule has 33 heavy (non-hydrogen) atoms. The van der Waals surface area contributed by atoms with Crippen LogP contribution >= 0.6 is 0 Å². The van der Waals surface area contributed by atoms with Crippen LogP contribution in [0.1, 0.15) is 40.1 Å². The normalized spacial score (nSPS) is 15.4. The number of H-pyrrole nitrogens is 2. The second-order valence-corrected chi connectivity index (χ2v) is 7.80. The van der Waals surface area contributed by atoms with Crippen LogP contribution in [0.3, 0.4) is 0 Å². The third kappa shape index (κ3) is 3.42. The second-order valence-electron chi connectivity index (χ2n) is 7.80. The van der Waals surface area contributed by atoms with E-state index in [1.54, 1.807) is 6.92 Å². The highest BCUT2D eigenvalue weighted by Crippen LogP contribution is 2.35. The molecule has 0 fully saturated rings. The SMILES string of the molecule is CCOC(=O)c1ccc(-n2c(O)c(C3NCCc4c3[nH]c3ccccc43)c(=O)[nH]c2=O)cc1. The fourth-order valence-electron chi connectivity index (χ4n) is 4.43. The van der Waals surface area contributed by atoms with E-state index in [-0.39, 0.29) is 12.2 Å². The zero-order valence-electron chi connectivity index (χ0n) is 17.8. The first-order valence-electron chi connectivity index (χ1n) is 10.7. The highest BCUT2D eigenvalue weighted by atomic mass is 16.5. The van der Waals surface area contributed by atoms with Gasteiger partial charge in [-0.1, -0.05) is 18.2 Å². The summed E-state index contributed by atoms with van der Waals surface area (Å²) in [6.07, 6.45) is 0.767. The Bertz CT molecular complexity index is 1480. The maximum Gasteiger partial charge on any atom is 0.338 e. The van der Waals surface area contributed by atoms with Gasteiger partial charge >= 0.3 is 11.7 Å². The first kappa shape index (κ1) is 20.8. The lowest BCUT2D eigenvalue weighted by molar-refractivity contribution is 0.0526. The average molecular weight is 446 g/mol. The lowest BCUT2D eigenvalue weighted by Gasteiger charge is -2.25. The van der Waals surface area contributed by atoms with Gasteiger partial charge in [0.1, 0.15) is 5.56 Å². The highest BCUT2D eigenvalue weighted by molar-refractivity contribution is 5.89. The van der Waals surface area contributed by atoms with Crippen LogP contribution in [0.15, 0.2) is 58.1 Å². The predicted octanol–water partition coefficient (Wildman–Crippen LogP) is 2.12. The Morgan fingerprint density at radius 1 is 1.12 bits per heavy atom. The van der Waals surface area contributed by atoms with E-state index in [2.05, 4.69) is 15.3 Å². The Hall–Kier alpha value is -4.11. The minimum atomic E-state index is -0.780. The van der Waals surface area contributed by atoms with E-state index in [1.807, 2.05) is 24.3 Å². The molecular weight excluding hydrogens is 424 g/mol. The number of aromatic nitrogens is 3. The minimum absolute atomic E-state index is 0.0385. The van der Waals surface area contributed by atoms with Crippen molar-refractivity contribution in [2.24, 2.45) is 0 Å². The Morgan fingerprint density at radius 3 is 2.64 bits per heavy atom. The van der Waals surface area contributed by atoms with Gasteiger partial charge in [0.2, 0.25) is 5.88 Å². The molecule has 4 N–H and O–H groups in total. The standard InChI is InChI=1S/C24H22N4O5/c1-2-33-23(31)13-7-9-14(10-8-13)28-22(30)18(21(29)27-24(28)32)20-19-16(11-12-25-20)15-5-3-4-6-17(15)26-19/h3-10,20,25-26,30H,2,11-12H2,1H3,(H,27,29,32). The zero-order chi connectivity index (χ0) is 23.1. The van der Waals surface area contributed by atoms with Gasteiger partial charge in [0.25, 0.3) is 5.56 Å². The smallest absolute Gasteiger partial charge is 0.338 e. The number of fused-ring (bicyclic) bond motifs is 3. The molecule has 0 bridgehead atoms. The fraction of sp³-hybridized carbons (Fsp3) is 0.208. The Labute approximate surface area is 187 Å². The Morgan fingerprint density at radius 2 is 1.88 bits per heavy atom. The maximum absolute atomic E-state index is 12.8. The Kier molecular flexibility index (Phi) is 5.10. The van der Waals surface area contributed by atoms with Gasteiger partial charge in [0, 0.05) is 23.1 Å². The summed E-state index contributed by atoms with van der Waals surface area (Å²) in [5.41, 5.74) is 2.01. The molecule has 168 valence electrons. The molecule has 3 heterocycles. The molecule has 1 aliphatic rings. The van der Waals surface area contributed by atoms with E-state index >= 15 is 0 Å². The number of rotatable bonds is 4. The molecule has 2 aromatic heterocycles. The number of hydrogen-bond donors (Lipinski definition) is 4. The molecule has 4 aromatic rings. The van der Waals surface area contributed by atoms with Crippen LogP contribution in [0.5, 0.6) is 5.88 Å². The van der Waals surface area contributed by atoms with Crippen LogP contribution in [0.4, 0.5) is 0 Å². The largest absolute Gasteiger partial charge is 0.494 e. The Balaban J connectivity index is 1.63. The number of ether oxygens (including phenoxy) is 1. The van der Waals surface area contributed by atoms with Crippen LogP contribution in [-0.2, 0) is 11.2 Å². The molecule has 9 nitrogen and oxygen atoms in total. The summed E-state index contributed by atoms with van der Waals surface area (Å²) < 4.78 is 6.00. The molecule has 0 amide bonds. The quantitative estimate of drug-likeness (QED) is 0.356. The van der Waals surface area contributed by atoms with Gasteiger partial charge in [-0.05, 0) is 49.2 Å². The van der Waals surface area contributed by atoms with Crippen molar-refractivity contribution in [2.45, 2.75) is 19.4 Å². The molecule has 9 heteroatoms. The number of aromatic amines is 2. The van der Waals surface area contributed by atoms with Crippen molar-refractivity contribution >= 4 is 16.9 Å². The predicted molar refractivity (Wildman–Crippen MR) is 122 cm³/mol. The summed E-state index contributed by atoms with van der Waals surface area (Å²) in [4.78, 5) is 43.1. The number of nitrogens with zero attached hydrogens (tertiary/aromatic N) is 1. The van der Waals surface area contributed by atoms with E-state index < -0.39 is 29.1 Å². The summed E-state index contributed by atoms with van der Waals surface area (Å²) in [5.74, 6) is -0.947. The summed E-state index contributed by atoms with van der Waals surface area (Å²) >= 11 is 0. The third-order valence-electron chi connectivity index (χ3n) is 5.90. The molecule has 0 saturated heterocycles. The first-order chi connectivity index (χ1) is 16.0. The molecule has 0 spiro atoms. The molecule has 2 aromatic carbocycles. The molecule has 0 radical (unpaired) electrons. The molecule has 0 saturated carbocycles. The summed E-state index contributed by atoms with van der Waals surface area (Å²) in [6, 6.07) is 13.3. The number of benzene rings is 2. The maximum atomic E-state index is 12.8. The summed E-state index contributed by atoms with van der Waals surface area (Å²) in [6.45, 7) is 2.56. The second kappa shape index (κ2) is 8.10. The molecule has 1 atom stereocenters. The zero-order valence-corrected chi connectivity index (χ0v) is 17.8. The van der Waals surface area contributed by atoms with E-state index in [9.17, 15) is 19.5 Å². The molecular formula is C24H22N4O5.